The number of hydrogen-bond acceptors (Lipinski definition) is 5. The van der Waals surface area contributed by atoms with Crippen LogP contribution in [-0.4, -0.2) is 34.5 Å². The molecule has 26 heavy (non-hydrogen) atoms. The van der Waals surface area contributed by atoms with E-state index in [2.05, 4.69) is 57.4 Å². The molecule has 2 aromatic heterocycles. The van der Waals surface area contributed by atoms with Crippen molar-refractivity contribution in [3.63, 3.8) is 0 Å². The molecule has 4 nitrogen and oxygen atoms in total. The third-order valence-electron chi connectivity index (χ3n) is 5.19. The summed E-state index contributed by atoms with van der Waals surface area (Å²) >= 11 is 1.77. The molecule has 0 saturated carbocycles. The van der Waals surface area contributed by atoms with E-state index in [1.165, 1.54) is 27.9 Å². The Balaban J connectivity index is 1.54. The highest BCUT2D eigenvalue weighted by Crippen LogP contribution is 2.21. The van der Waals surface area contributed by atoms with Crippen LogP contribution in [0.3, 0.4) is 0 Å². The minimum absolute atomic E-state index is 0.744. The molecule has 1 saturated heterocycles. The summed E-state index contributed by atoms with van der Waals surface area (Å²) in [7, 11) is 0. The van der Waals surface area contributed by atoms with Crippen molar-refractivity contribution < 1.29 is 0 Å². The summed E-state index contributed by atoms with van der Waals surface area (Å²) in [5.74, 6) is 0.744. The Kier molecular flexibility index (Phi) is 5.29. The molecule has 3 heterocycles. The van der Waals surface area contributed by atoms with E-state index in [-0.39, 0.29) is 0 Å². The standard InChI is InChI=1S/C21H26N4S/c1-15-3-5-19-9-17(4-6-20(19)24-15)11-25(12-18-7-8-22-10-18)13-21-16(2)23-14-26-21/h3-6,9,14,18,22H,7-8,10-13H2,1-2H3. The molecule has 1 fully saturated rings. The number of fused-ring (bicyclic) bond motifs is 1. The van der Waals surface area contributed by atoms with Crippen molar-refractivity contribution in [2.45, 2.75) is 33.4 Å². The van der Waals surface area contributed by atoms with E-state index in [0.717, 1.165) is 49.9 Å². The number of aryl methyl sites for hydroxylation is 2. The van der Waals surface area contributed by atoms with Gasteiger partial charge in [-0.2, -0.15) is 0 Å². The second-order valence-electron chi connectivity index (χ2n) is 7.37. The Morgan fingerprint density at radius 1 is 1.19 bits per heavy atom. The van der Waals surface area contributed by atoms with Gasteiger partial charge in [0.2, 0.25) is 0 Å². The lowest BCUT2D eigenvalue weighted by atomic mass is 10.1. The van der Waals surface area contributed by atoms with Crippen LogP contribution < -0.4 is 5.32 Å². The van der Waals surface area contributed by atoms with Crippen molar-refractivity contribution in [2.24, 2.45) is 5.92 Å². The first kappa shape index (κ1) is 17.6. The van der Waals surface area contributed by atoms with E-state index in [0.29, 0.717) is 0 Å². The highest BCUT2D eigenvalue weighted by molar-refractivity contribution is 7.09. The first-order valence-corrected chi connectivity index (χ1v) is 10.2. The maximum absolute atomic E-state index is 4.62. The molecule has 5 heteroatoms. The number of hydrogen-bond donors (Lipinski definition) is 1. The summed E-state index contributed by atoms with van der Waals surface area (Å²) in [5, 5.41) is 4.72. The van der Waals surface area contributed by atoms with Gasteiger partial charge in [0.05, 0.1) is 16.7 Å². The predicted molar refractivity (Wildman–Crippen MR) is 108 cm³/mol. The lowest BCUT2D eigenvalue weighted by molar-refractivity contribution is 0.222. The molecule has 0 aliphatic carbocycles. The zero-order valence-corrected chi connectivity index (χ0v) is 16.4. The number of aromatic nitrogens is 2. The quantitative estimate of drug-likeness (QED) is 0.718. The summed E-state index contributed by atoms with van der Waals surface area (Å²) in [5.41, 5.74) is 6.64. The van der Waals surface area contributed by atoms with Crippen molar-refractivity contribution in [1.82, 2.24) is 20.2 Å². The van der Waals surface area contributed by atoms with Gasteiger partial charge < -0.3 is 5.32 Å². The van der Waals surface area contributed by atoms with Gasteiger partial charge in [-0.25, -0.2) is 4.98 Å². The van der Waals surface area contributed by atoms with Crippen molar-refractivity contribution >= 4 is 22.2 Å². The van der Waals surface area contributed by atoms with Gasteiger partial charge in [-0.05, 0) is 63.0 Å². The second-order valence-corrected chi connectivity index (χ2v) is 8.31. The third-order valence-corrected chi connectivity index (χ3v) is 6.11. The van der Waals surface area contributed by atoms with E-state index in [4.69, 9.17) is 0 Å². The Morgan fingerprint density at radius 3 is 2.88 bits per heavy atom. The largest absolute Gasteiger partial charge is 0.316 e. The van der Waals surface area contributed by atoms with Gasteiger partial charge >= 0.3 is 0 Å². The van der Waals surface area contributed by atoms with Crippen LogP contribution >= 0.6 is 11.3 Å². The number of thiazole rings is 1. The zero-order valence-electron chi connectivity index (χ0n) is 15.5. The summed E-state index contributed by atoms with van der Waals surface area (Å²) in [4.78, 5) is 13.0. The van der Waals surface area contributed by atoms with Gasteiger partial charge in [-0.3, -0.25) is 9.88 Å². The summed E-state index contributed by atoms with van der Waals surface area (Å²) in [6, 6.07) is 11.0. The second kappa shape index (κ2) is 7.82. The lowest BCUT2D eigenvalue weighted by Gasteiger charge is -2.25. The molecule has 0 radical (unpaired) electrons. The number of rotatable bonds is 6. The Morgan fingerprint density at radius 2 is 2.12 bits per heavy atom. The third kappa shape index (κ3) is 4.11. The average Bonchev–Trinajstić information content (AvgIpc) is 3.27. The molecule has 136 valence electrons. The Bertz CT molecular complexity index is 883. The van der Waals surface area contributed by atoms with Crippen molar-refractivity contribution in [2.75, 3.05) is 19.6 Å². The number of nitrogens with one attached hydrogen (secondary N) is 1. The first-order chi connectivity index (χ1) is 12.7. The molecule has 4 rings (SSSR count). The van der Waals surface area contributed by atoms with Crippen molar-refractivity contribution in [3.8, 4) is 0 Å². The maximum Gasteiger partial charge on any atom is 0.0798 e. The lowest BCUT2D eigenvalue weighted by Crippen LogP contribution is -2.30. The van der Waals surface area contributed by atoms with E-state index in [9.17, 15) is 0 Å². The molecule has 0 bridgehead atoms. The summed E-state index contributed by atoms with van der Waals surface area (Å²) in [6.45, 7) is 9.54. The Hall–Kier alpha value is -1.82. The van der Waals surface area contributed by atoms with E-state index in [1.54, 1.807) is 11.3 Å². The van der Waals surface area contributed by atoms with E-state index < -0.39 is 0 Å². The van der Waals surface area contributed by atoms with Gasteiger partial charge in [0, 0.05) is 35.6 Å². The van der Waals surface area contributed by atoms with E-state index >= 15 is 0 Å². The number of nitrogens with zero attached hydrogens (tertiary/aromatic N) is 3. The average molecular weight is 367 g/mol. The SMILES string of the molecule is Cc1ccc2cc(CN(Cc3scnc3C)CC3CCNC3)ccc2n1. The minimum Gasteiger partial charge on any atom is -0.316 e. The van der Waals surface area contributed by atoms with E-state index in [1.807, 2.05) is 12.4 Å². The van der Waals surface area contributed by atoms with Gasteiger partial charge in [0.25, 0.3) is 0 Å². The van der Waals surface area contributed by atoms with Crippen LogP contribution in [0, 0.1) is 19.8 Å². The van der Waals surface area contributed by atoms with Crippen LogP contribution in [0.25, 0.3) is 10.9 Å². The van der Waals surface area contributed by atoms with Crippen molar-refractivity contribution in [1.29, 1.82) is 0 Å². The monoisotopic (exact) mass is 366 g/mol. The minimum atomic E-state index is 0.744. The molecular formula is C21H26N4S. The first-order valence-electron chi connectivity index (χ1n) is 9.36. The van der Waals surface area contributed by atoms with Crippen molar-refractivity contribution in [3.05, 3.63) is 57.7 Å². The zero-order chi connectivity index (χ0) is 17.9. The molecular weight excluding hydrogens is 340 g/mol. The summed E-state index contributed by atoms with van der Waals surface area (Å²) in [6.07, 6.45) is 1.28. The number of benzene rings is 1. The van der Waals surface area contributed by atoms with Crippen LogP contribution in [0.2, 0.25) is 0 Å². The van der Waals surface area contributed by atoms with Crippen LogP contribution in [-0.2, 0) is 13.1 Å². The highest BCUT2D eigenvalue weighted by atomic mass is 32.1. The number of pyridine rings is 1. The molecule has 1 aromatic carbocycles. The summed E-state index contributed by atoms with van der Waals surface area (Å²) < 4.78 is 0. The molecule has 1 atom stereocenters. The fourth-order valence-corrected chi connectivity index (χ4v) is 4.55. The molecule has 1 N–H and O–H groups in total. The topological polar surface area (TPSA) is 41.1 Å². The smallest absolute Gasteiger partial charge is 0.0798 e. The van der Waals surface area contributed by atoms with Crippen LogP contribution in [0.5, 0.6) is 0 Å². The van der Waals surface area contributed by atoms with Gasteiger partial charge in [-0.1, -0.05) is 12.1 Å². The molecule has 0 amide bonds. The molecule has 1 unspecified atom stereocenters. The fraction of sp³-hybridized carbons (Fsp3) is 0.429. The Labute approximate surface area is 159 Å². The van der Waals surface area contributed by atoms with Crippen LogP contribution in [0.4, 0.5) is 0 Å². The predicted octanol–water partition coefficient (Wildman–Crippen LogP) is 3.92. The highest BCUT2D eigenvalue weighted by Gasteiger charge is 2.20. The van der Waals surface area contributed by atoms with Crippen LogP contribution in [0.15, 0.2) is 35.8 Å². The fourth-order valence-electron chi connectivity index (χ4n) is 3.73. The normalized spacial score (nSPS) is 17.4. The van der Waals surface area contributed by atoms with Gasteiger partial charge in [0.15, 0.2) is 0 Å². The molecule has 1 aliphatic heterocycles. The van der Waals surface area contributed by atoms with Gasteiger partial charge in [0.1, 0.15) is 0 Å². The van der Waals surface area contributed by atoms with Crippen LogP contribution in [0.1, 0.15) is 28.2 Å². The molecule has 1 aliphatic rings. The van der Waals surface area contributed by atoms with Gasteiger partial charge in [-0.15, -0.1) is 11.3 Å². The maximum atomic E-state index is 4.62. The molecule has 0 spiro atoms. The molecule has 3 aromatic rings.